The quantitative estimate of drug-likeness (QED) is 0.115. The van der Waals surface area contributed by atoms with Crippen LogP contribution in [0.15, 0.2) is 255 Å². The van der Waals surface area contributed by atoms with Crippen molar-refractivity contribution in [3.8, 4) is 44.5 Å². The fourth-order valence-electron chi connectivity index (χ4n) is 11.4. The van der Waals surface area contributed by atoms with Gasteiger partial charge in [0, 0.05) is 0 Å². The Kier molecular flexibility index (Phi) is 9.32. The molecule has 14 aromatic carbocycles. The Morgan fingerprint density at radius 2 is 0.414 bits per heavy atom. The van der Waals surface area contributed by atoms with Gasteiger partial charge in [0.25, 0.3) is 0 Å². The van der Waals surface area contributed by atoms with Crippen LogP contribution < -0.4 is 0 Å². The predicted molar refractivity (Wildman–Crippen MR) is 304 cm³/mol. The lowest BCUT2D eigenvalue weighted by atomic mass is 9.84. The summed E-state index contributed by atoms with van der Waals surface area (Å²) in [4.78, 5) is 0. The van der Waals surface area contributed by atoms with Crippen LogP contribution in [0.4, 0.5) is 0 Å². The normalized spacial score (nSPS) is 11.9. The zero-order valence-electron chi connectivity index (χ0n) is 38.4. The first-order valence-corrected chi connectivity index (χ1v) is 24.3. The molecular formula is C70H44. The lowest BCUT2D eigenvalue weighted by Gasteiger charge is -2.19. The molecule has 0 aliphatic carbocycles. The molecule has 0 unspecified atom stereocenters. The topological polar surface area (TPSA) is 0 Å². The van der Waals surface area contributed by atoms with Gasteiger partial charge in [0.1, 0.15) is 0 Å². The van der Waals surface area contributed by atoms with E-state index in [1.807, 2.05) is 0 Å². The van der Waals surface area contributed by atoms with Crippen LogP contribution in [0.5, 0.6) is 0 Å². The number of fused-ring (bicyclic) bond motifs is 8. The summed E-state index contributed by atoms with van der Waals surface area (Å²) in [5.41, 5.74) is 12.2. The van der Waals surface area contributed by atoms with Gasteiger partial charge in [-0.3, -0.25) is 0 Å². The summed E-state index contributed by atoms with van der Waals surface area (Å²) >= 11 is 0. The Labute approximate surface area is 406 Å². The molecule has 14 aromatic rings. The highest BCUT2D eigenvalue weighted by molar-refractivity contribution is 6.24. The third-order valence-electron chi connectivity index (χ3n) is 14.7. The molecule has 0 N–H and O–H groups in total. The van der Waals surface area contributed by atoms with Gasteiger partial charge < -0.3 is 0 Å². The van der Waals surface area contributed by atoms with Crippen LogP contribution in [-0.4, -0.2) is 0 Å². The minimum Gasteiger partial charge on any atom is -0.0616 e. The molecule has 0 aliphatic rings. The molecule has 0 aliphatic heterocycles. The van der Waals surface area contributed by atoms with E-state index in [1.54, 1.807) is 0 Å². The molecule has 0 bridgehead atoms. The zero-order valence-corrected chi connectivity index (χ0v) is 38.4. The molecule has 0 fully saturated rings. The zero-order chi connectivity index (χ0) is 46.1. The lowest BCUT2D eigenvalue weighted by molar-refractivity contribution is 1.66. The highest BCUT2D eigenvalue weighted by Gasteiger charge is 2.20. The van der Waals surface area contributed by atoms with Gasteiger partial charge in [0.2, 0.25) is 0 Å². The Morgan fingerprint density at radius 3 is 0.714 bits per heavy atom. The van der Waals surface area contributed by atoms with Crippen LogP contribution in [0.2, 0.25) is 0 Å². The van der Waals surface area contributed by atoms with E-state index in [9.17, 15) is 0 Å². The fourth-order valence-corrected chi connectivity index (χ4v) is 11.4. The monoisotopic (exact) mass is 884 g/mol. The molecule has 0 saturated heterocycles. The van der Waals surface area contributed by atoms with Crippen LogP contribution in [0.3, 0.4) is 0 Å². The van der Waals surface area contributed by atoms with Crippen molar-refractivity contribution < 1.29 is 0 Å². The Hall–Kier alpha value is -9.10. The number of hydrogen-bond acceptors (Lipinski definition) is 0. The highest BCUT2D eigenvalue weighted by atomic mass is 14.2. The highest BCUT2D eigenvalue weighted by Crippen LogP contribution is 2.47. The summed E-state index contributed by atoms with van der Waals surface area (Å²) in [5, 5.41) is 19.9. The fraction of sp³-hybridized carbons (Fsp3) is 0. The Balaban J connectivity index is 0.983. The second-order valence-corrected chi connectivity index (χ2v) is 18.8. The van der Waals surface area contributed by atoms with E-state index in [0.717, 1.165) is 11.1 Å². The van der Waals surface area contributed by atoms with Crippen molar-refractivity contribution >= 4 is 98.3 Å². The van der Waals surface area contributed by atoms with Crippen LogP contribution in [0.1, 0.15) is 11.1 Å². The van der Waals surface area contributed by atoms with Crippen molar-refractivity contribution in [3.63, 3.8) is 0 Å². The molecule has 0 heteroatoms. The van der Waals surface area contributed by atoms with Gasteiger partial charge in [-0.05, 0) is 178 Å². The van der Waals surface area contributed by atoms with Gasteiger partial charge in [-0.15, -0.1) is 0 Å². The van der Waals surface area contributed by atoms with Crippen molar-refractivity contribution in [3.05, 3.63) is 266 Å². The molecule has 324 valence electrons. The molecule has 0 atom stereocenters. The maximum Gasteiger partial charge on any atom is -0.00259 e. The summed E-state index contributed by atoms with van der Waals surface area (Å²) in [6.07, 6.45) is 4.60. The van der Waals surface area contributed by atoms with Gasteiger partial charge in [-0.25, -0.2) is 0 Å². The SMILES string of the molecule is C(=C\c1ccc2c(-c3ccc4ccccc4c3)c3ccccc3c(-c3ccc4ccccc4c3)c2c1)/c1ccc2c(-c3ccc4ccccc4c3)c3ccccc3c(-c3ccc4ccccc4c3)c2c1. The largest absolute Gasteiger partial charge is 0.0616 e. The van der Waals surface area contributed by atoms with Crippen LogP contribution in [0, 0.1) is 0 Å². The standard InChI is InChI=1S/C70H44/c1-5-17-51-41-55(33-29-47(51)13-1)67-59-21-9-11-23-61(59)69(57-35-31-49-15-3-7-19-53(49)43-57)65-39-45(27-37-63(65)67)25-26-46-28-38-64-66(40-46)70(58-36-32-50-16-4-8-20-54(50)44-58)62-24-12-10-22-60(62)68(64)56-34-30-48-14-2-6-18-52(48)42-56/h1-44H/b26-25+. The first-order chi connectivity index (χ1) is 34.7. The number of benzene rings is 14. The Morgan fingerprint density at radius 1 is 0.171 bits per heavy atom. The van der Waals surface area contributed by atoms with Crippen molar-refractivity contribution in [1.29, 1.82) is 0 Å². The van der Waals surface area contributed by atoms with Crippen molar-refractivity contribution in [2.24, 2.45) is 0 Å². The molecule has 70 heavy (non-hydrogen) atoms. The van der Waals surface area contributed by atoms with Gasteiger partial charge in [-0.1, -0.05) is 231 Å². The van der Waals surface area contributed by atoms with E-state index in [-0.39, 0.29) is 0 Å². The molecule has 0 saturated carbocycles. The molecular weight excluding hydrogens is 841 g/mol. The average molecular weight is 885 g/mol. The molecule has 14 rings (SSSR count). The van der Waals surface area contributed by atoms with Crippen molar-refractivity contribution in [2.75, 3.05) is 0 Å². The summed E-state index contributed by atoms with van der Waals surface area (Å²) in [5.74, 6) is 0. The van der Waals surface area contributed by atoms with Crippen molar-refractivity contribution in [1.82, 2.24) is 0 Å². The second kappa shape index (κ2) is 16.3. The lowest BCUT2D eigenvalue weighted by Crippen LogP contribution is -1.92. The van der Waals surface area contributed by atoms with E-state index in [0.29, 0.717) is 0 Å². The summed E-state index contributed by atoms with van der Waals surface area (Å²) in [7, 11) is 0. The van der Waals surface area contributed by atoms with Crippen LogP contribution >= 0.6 is 0 Å². The molecule has 0 radical (unpaired) electrons. The summed E-state index contributed by atoms with van der Waals surface area (Å²) in [6.45, 7) is 0. The van der Waals surface area contributed by atoms with E-state index < -0.39 is 0 Å². The molecule has 0 aromatic heterocycles. The first-order valence-electron chi connectivity index (χ1n) is 24.3. The minimum atomic E-state index is 1.15. The van der Waals surface area contributed by atoms with Gasteiger partial charge >= 0.3 is 0 Å². The van der Waals surface area contributed by atoms with Gasteiger partial charge in [-0.2, -0.15) is 0 Å². The second-order valence-electron chi connectivity index (χ2n) is 18.8. The summed E-state index contributed by atoms with van der Waals surface area (Å²) < 4.78 is 0. The van der Waals surface area contributed by atoms with Crippen LogP contribution in [0.25, 0.3) is 143 Å². The molecule has 0 spiro atoms. The first kappa shape index (κ1) is 40.0. The van der Waals surface area contributed by atoms with Crippen LogP contribution in [-0.2, 0) is 0 Å². The smallest absolute Gasteiger partial charge is 0.00259 e. The van der Waals surface area contributed by atoms with Gasteiger partial charge in [0.15, 0.2) is 0 Å². The number of rotatable bonds is 6. The average Bonchev–Trinajstić information content (AvgIpc) is 3.42. The predicted octanol–water partition coefficient (Wildman–Crippen LogP) is 19.8. The maximum atomic E-state index is 2.42. The third-order valence-corrected chi connectivity index (χ3v) is 14.7. The van der Waals surface area contributed by atoms with E-state index in [1.165, 1.54) is 131 Å². The van der Waals surface area contributed by atoms with E-state index in [2.05, 4.69) is 267 Å². The minimum absolute atomic E-state index is 1.15. The van der Waals surface area contributed by atoms with E-state index in [4.69, 9.17) is 0 Å². The van der Waals surface area contributed by atoms with Crippen molar-refractivity contribution in [2.45, 2.75) is 0 Å². The van der Waals surface area contributed by atoms with Gasteiger partial charge in [0.05, 0.1) is 0 Å². The third kappa shape index (κ3) is 6.68. The summed E-state index contributed by atoms with van der Waals surface area (Å²) in [6, 6.07) is 94.6. The number of hydrogen-bond donors (Lipinski definition) is 0. The molecule has 0 amide bonds. The van der Waals surface area contributed by atoms with E-state index >= 15 is 0 Å². The molecule has 0 nitrogen and oxygen atoms in total. The Bertz CT molecular complexity index is 4180. The maximum absolute atomic E-state index is 2.42. The molecule has 0 heterocycles.